The number of anilines is 1. The van der Waals surface area contributed by atoms with E-state index in [0.717, 1.165) is 17.0 Å². The molecular weight excluding hydrogens is 245 g/mol. The highest BCUT2D eigenvalue weighted by atomic mass is 35.5. The Balaban J connectivity index is 2.10. The molecule has 1 heterocycles. The van der Waals surface area contributed by atoms with Gasteiger partial charge >= 0.3 is 0 Å². The Labute approximate surface area is 104 Å². The van der Waals surface area contributed by atoms with Gasteiger partial charge in [-0.25, -0.2) is 0 Å². The van der Waals surface area contributed by atoms with Gasteiger partial charge in [-0.1, -0.05) is 23.2 Å². The second kappa shape index (κ2) is 4.81. The topological polar surface area (TPSA) is 25.2 Å². The second-order valence-electron chi connectivity index (χ2n) is 3.50. The van der Waals surface area contributed by atoms with E-state index in [2.05, 4.69) is 5.32 Å². The molecule has 16 heavy (non-hydrogen) atoms. The van der Waals surface area contributed by atoms with E-state index in [-0.39, 0.29) is 0 Å². The fourth-order valence-corrected chi connectivity index (χ4v) is 1.75. The van der Waals surface area contributed by atoms with Gasteiger partial charge in [-0.3, -0.25) is 0 Å². The average molecular weight is 256 g/mol. The van der Waals surface area contributed by atoms with Crippen molar-refractivity contribution in [2.75, 3.05) is 5.32 Å². The van der Waals surface area contributed by atoms with Gasteiger partial charge in [0.1, 0.15) is 5.76 Å². The van der Waals surface area contributed by atoms with Crippen molar-refractivity contribution >= 4 is 28.9 Å². The number of furan rings is 1. The summed E-state index contributed by atoms with van der Waals surface area (Å²) in [5.74, 6) is 0.899. The van der Waals surface area contributed by atoms with Crippen LogP contribution in [-0.2, 0) is 6.54 Å². The zero-order chi connectivity index (χ0) is 11.5. The first-order chi connectivity index (χ1) is 7.66. The molecule has 0 radical (unpaired) electrons. The van der Waals surface area contributed by atoms with Crippen LogP contribution in [0.15, 0.2) is 34.9 Å². The fourth-order valence-electron chi connectivity index (χ4n) is 1.39. The van der Waals surface area contributed by atoms with E-state index in [1.165, 1.54) is 0 Å². The number of halogens is 2. The zero-order valence-corrected chi connectivity index (χ0v) is 10.3. The quantitative estimate of drug-likeness (QED) is 0.874. The Kier molecular flexibility index (Phi) is 3.42. The van der Waals surface area contributed by atoms with Crippen LogP contribution in [0.2, 0.25) is 10.0 Å². The summed E-state index contributed by atoms with van der Waals surface area (Å²) in [6, 6.07) is 7.24. The Morgan fingerprint density at radius 1 is 1.25 bits per heavy atom. The van der Waals surface area contributed by atoms with Crippen LogP contribution >= 0.6 is 23.2 Å². The first-order valence-corrected chi connectivity index (χ1v) is 5.64. The molecule has 1 aromatic heterocycles. The van der Waals surface area contributed by atoms with Crippen LogP contribution in [0.5, 0.6) is 0 Å². The fraction of sp³-hybridized carbons (Fsp3) is 0.167. The van der Waals surface area contributed by atoms with Crippen molar-refractivity contribution < 1.29 is 4.42 Å². The van der Waals surface area contributed by atoms with E-state index in [9.17, 15) is 0 Å². The lowest BCUT2D eigenvalue weighted by Crippen LogP contribution is -1.99. The van der Waals surface area contributed by atoms with Gasteiger partial charge in [-0.05, 0) is 36.8 Å². The SMILES string of the molecule is Cc1ccoc1CNc1cc(Cl)ccc1Cl. The number of hydrogen-bond acceptors (Lipinski definition) is 2. The molecule has 0 unspecified atom stereocenters. The van der Waals surface area contributed by atoms with Gasteiger partial charge in [0.25, 0.3) is 0 Å². The van der Waals surface area contributed by atoms with Crippen LogP contribution in [0, 0.1) is 6.92 Å². The summed E-state index contributed by atoms with van der Waals surface area (Å²) < 4.78 is 5.32. The van der Waals surface area contributed by atoms with Crippen LogP contribution in [0.1, 0.15) is 11.3 Å². The summed E-state index contributed by atoms with van der Waals surface area (Å²) in [5, 5.41) is 4.49. The molecule has 0 aliphatic rings. The molecule has 1 N–H and O–H groups in total. The van der Waals surface area contributed by atoms with Crippen LogP contribution in [0.3, 0.4) is 0 Å². The summed E-state index contributed by atoms with van der Waals surface area (Å²) in [7, 11) is 0. The Morgan fingerprint density at radius 3 is 2.75 bits per heavy atom. The number of benzene rings is 1. The normalized spacial score (nSPS) is 10.4. The maximum atomic E-state index is 6.02. The molecular formula is C12H11Cl2NO. The maximum Gasteiger partial charge on any atom is 0.125 e. The molecule has 1 aromatic carbocycles. The Morgan fingerprint density at radius 2 is 2.06 bits per heavy atom. The second-order valence-corrected chi connectivity index (χ2v) is 4.35. The molecule has 0 atom stereocenters. The summed E-state index contributed by atoms with van der Waals surface area (Å²) in [6.07, 6.45) is 1.67. The molecule has 2 nitrogen and oxygen atoms in total. The lowest BCUT2D eigenvalue weighted by atomic mass is 10.2. The van der Waals surface area contributed by atoms with Crippen LogP contribution < -0.4 is 5.32 Å². The first kappa shape index (κ1) is 11.4. The molecule has 0 saturated heterocycles. The molecule has 0 aliphatic heterocycles. The molecule has 0 amide bonds. The van der Waals surface area contributed by atoms with Gasteiger partial charge in [0, 0.05) is 5.02 Å². The lowest BCUT2D eigenvalue weighted by Gasteiger charge is -2.07. The van der Waals surface area contributed by atoms with E-state index in [1.807, 2.05) is 13.0 Å². The summed E-state index contributed by atoms with van der Waals surface area (Å²) in [6.45, 7) is 2.60. The van der Waals surface area contributed by atoms with Crippen LogP contribution in [0.25, 0.3) is 0 Å². The monoisotopic (exact) mass is 255 g/mol. The third-order valence-electron chi connectivity index (χ3n) is 2.34. The van der Waals surface area contributed by atoms with Gasteiger partial charge in [0.2, 0.25) is 0 Å². The third-order valence-corrected chi connectivity index (χ3v) is 2.90. The standard InChI is InChI=1S/C12H11Cl2NO/c1-8-4-5-16-12(8)7-15-11-6-9(13)2-3-10(11)14/h2-6,15H,7H2,1H3. The minimum atomic E-state index is 0.596. The van der Waals surface area contributed by atoms with Gasteiger partial charge < -0.3 is 9.73 Å². The van der Waals surface area contributed by atoms with Crippen molar-refractivity contribution in [1.82, 2.24) is 0 Å². The minimum Gasteiger partial charge on any atom is -0.467 e. The largest absolute Gasteiger partial charge is 0.467 e. The Hall–Kier alpha value is -1.12. The number of nitrogens with one attached hydrogen (secondary N) is 1. The lowest BCUT2D eigenvalue weighted by molar-refractivity contribution is 0.515. The third kappa shape index (κ3) is 2.52. The van der Waals surface area contributed by atoms with Crippen molar-refractivity contribution in [2.45, 2.75) is 13.5 Å². The van der Waals surface area contributed by atoms with Gasteiger partial charge in [0.15, 0.2) is 0 Å². The molecule has 0 fully saturated rings. The number of hydrogen-bond donors (Lipinski definition) is 1. The van der Waals surface area contributed by atoms with Gasteiger partial charge in [-0.2, -0.15) is 0 Å². The minimum absolute atomic E-state index is 0.596. The summed E-state index contributed by atoms with van der Waals surface area (Å²) in [5.41, 5.74) is 1.93. The molecule has 2 aromatic rings. The first-order valence-electron chi connectivity index (χ1n) is 4.88. The molecule has 0 spiro atoms. The van der Waals surface area contributed by atoms with Crippen molar-refractivity contribution in [3.8, 4) is 0 Å². The van der Waals surface area contributed by atoms with E-state index in [0.29, 0.717) is 16.6 Å². The molecule has 84 valence electrons. The van der Waals surface area contributed by atoms with Crippen molar-refractivity contribution in [1.29, 1.82) is 0 Å². The highest BCUT2D eigenvalue weighted by Crippen LogP contribution is 2.26. The zero-order valence-electron chi connectivity index (χ0n) is 8.76. The summed E-state index contributed by atoms with van der Waals surface area (Å²) in [4.78, 5) is 0. The highest BCUT2D eigenvalue weighted by molar-refractivity contribution is 6.35. The molecule has 4 heteroatoms. The molecule has 0 aliphatic carbocycles. The van der Waals surface area contributed by atoms with Crippen molar-refractivity contribution in [3.63, 3.8) is 0 Å². The van der Waals surface area contributed by atoms with Gasteiger partial charge in [-0.15, -0.1) is 0 Å². The average Bonchev–Trinajstić information content (AvgIpc) is 2.66. The predicted octanol–water partition coefficient (Wildman–Crippen LogP) is 4.51. The smallest absolute Gasteiger partial charge is 0.125 e. The van der Waals surface area contributed by atoms with Crippen molar-refractivity contribution in [3.05, 3.63) is 51.9 Å². The highest BCUT2D eigenvalue weighted by Gasteiger charge is 2.04. The van der Waals surface area contributed by atoms with E-state index < -0.39 is 0 Å². The van der Waals surface area contributed by atoms with E-state index in [4.69, 9.17) is 27.6 Å². The predicted molar refractivity (Wildman–Crippen MR) is 67.2 cm³/mol. The van der Waals surface area contributed by atoms with Gasteiger partial charge in [0.05, 0.1) is 23.5 Å². The van der Waals surface area contributed by atoms with Crippen LogP contribution in [-0.4, -0.2) is 0 Å². The van der Waals surface area contributed by atoms with Crippen LogP contribution in [0.4, 0.5) is 5.69 Å². The maximum absolute atomic E-state index is 6.02. The van der Waals surface area contributed by atoms with E-state index in [1.54, 1.807) is 24.5 Å². The molecule has 2 rings (SSSR count). The Bertz CT molecular complexity index is 494. The number of aryl methyl sites for hydroxylation is 1. The van der Waals surface area contributed by atoms with Crippen molar-refractivity contribution in [2.24, 2.45) is 0 Å². The summed E-state index contributed by atoms with van der Waals surface area (Å²) >= 11 is 11.9. The molecule has 0 saturated carbocycles. The molecule has 0 bridgehead atoms. The number of rotatable bonds is 3. The van der Waals surface area contributed by atoms with E-state index >= 15 is 0 Å².